The summed E-state index contributed by atoms with van der Waals surface area (Å²) in [4.78, 5) is 14.8. The van der Waals surface area contributed by atoms with Gasteiger partial charge in [-0.1, -0.05) is 0 Å². The number of likely N-dealkylation sites (N-methyl/N-ethyl adjacent to an activating group) is 1. The minimum Gasteiger partial charge on any atom is -0.482 e. The van der Waals surface area contributed by atoms with Crippen molar-refractivity contribution in [3.8, 4) is 5.75 Å². The van der Waals surface area contributed by atoms with E-state index >= 15 is 0 Å². The lowest BCUT2D eigenvalue weighted by atomic mass is 10.2. The van der Waals surface area contributed by atoms with Crippen LogP contribution in [-0.2, 0) is 4.79 Å². The summed E-state index contributed by atoms with van der Waals surface area (Å²) in [5.74, 6) is 0.436. The molecule has 0 spiro atoms. The highest BCUT2D eigenvalue weighted by Gasteiger charge is 2.08. The number of nitrogens with zero attached hydrogens (tertiary/aromatic N) is 2. The lowest BCUT2D eigenvalue weighted by Gasteiger charge is -2.16. The van der Waals surface area contributed by atoms with Gasteiger partial charge in [0, 0.05) is 39.9 Å². The summed E-state index contributed by atoms with van der Waals surface area (Å²) in [6.07, 6.45) is 0. The van der Waals surface area contributed by atoms with Crippen LogP contribution < -0.4 is 15.4 Å². The van der Waals surface area contributed by atoms with Gasteiger partial charge in [-0.3, -0.25) is 4.79 Å². The lowest BCUT2D eigenvalue weighted by molar-refractivity contribution is -0.130. The normalized spacial score (nSPS) is 9.88. The number of anilines is 2. The summed E-state index contributed by atoms with van der Waals surface area (Å²) < 4.78 is 5.41. The van der Waals surface area contributed by atoms with Crippen molar-refractivity contribution in [3.63, 3.8) is 0 Å². The molecule has 5 nitrogen and oxygen atoms in total. The van der Waals surface area contributed by atoms with Gasteiger partial charge in [0.15, 0.2) is 6.61 Å². The molecular weight excluding hydrogens is 218 g/mol. The average molecular weight is 237 g/mol. The number of amides is 1. The molecule has 0 atom stereocenters. The molecular formula is C12H19N3O2. The first-order valence-corrected chi connectivity index (χ1v) is 5.31. The van der Waals surface area contributed by atoms with Gasteiger partial charge in [0.05, 0.1) is 5.69 Å². The smallest absolute Gasteiger partial charge is 0.259 e. The van der Waals surface area contributed by atoms with E-state index in [9.17, 15) is 4.79 Å². The predicted octanol–water partition coefficient (Wildman–Crippen LogP) is 0.802. The topological polar surface area (TPSA) is 58.8 Å². The lowest BCUT2D eigenvalue weighted by Crippen LogP contribution is -2.27. The van der Waals surface area contributed by atoms with Crippen LogP contribution in [0.15, 0.2) is 18.2 Å². The molecule has 0 fully saturated rings. The van der Waals surface area contributed by atoms with Gasteiger partial charge in [-0.25, -0.2) is 0 Å². The fraction of sp³-hybridized carbons (Fsp3) is 0.417. The Hall–Kier alpha value is -1.91. The average Bonchev–Trinajstić information content (AvgIpc) is 2.26. The summed E-state index contributed by atoms with van der Waals surface area (Å²) in [6.45, 7) is -0.00587. The van der Waals surface area contributed by atoms with Crippen LogP contribution in [0.25, 0.3) is 0 Å². The second-order valence-electron chi connectivity index (χ2n) is 4.19. The Labute approximate surface area is 102 Å². The number of benzene rings is 1. The third kappa shape index (κ3) is 3.55. The standard InChI is InChI=1S/C12H19N3O2/c1-14(2)9-5-6-10(13)11(7-9)17-8-12(16)15(3)4/h5-7H,8,13H2,1-4H3. The minimum atomic E-state index is -0.0975. The van der Waals surface area contributed by atoms with Crippen LogP contribution in [0, 0.1) is 0 Å². The van der Waals surface area contributed by atoms with Crippen molar-refractivity contribution in [2.75, 3.05) is 45.4 Å². The maximum Gasteiger partial charge on any atom is 0.259 e. The van der Waals surface area contributed by atoms with Gasteiger partial charge in [-0.2, -0.15) is 0 Å². The number of carbonyl (C=O) groups excluding carboxylic acids is 1. The predicted molar refractivity (Wildman–Crippen MR) is 69.4 cm³/mol. The number of hydrogen-bond acceptors (Lipinski definition) is 4. The van der Waals surface area contributed by atoms with E-state index in [1.54, 1.807) is 20.2 Å². The zero-order valence-corrected chi connectivity index (χ0v) is 10.7. The van der Waals surface area contributed by atoms with Gasteiger partial charge in [-0.05, 0) is 12.1 Å². The molecule has 0 unspecified atom stereocenters. The van der Waals surface area contributed by atoms with Crippen molar-refractivity contribution in [1.29, 1.82) is 0 Å². The van der Waals surface area contributed by atoms with Crippen LogP contribution in [-0.4, -0.2) is 45.6 Å². The van der Waals surface area contributed by atoms with Gasteiger partial charge in [0.2, 0.25) is 0 Å². The van der Waals surface area contributed by atoms with Crippen LogP contribution in [0.4, 0.5) is 11.4 Å². The first-order chi connectivity index (χ1) is 7.91. The molecule has 1 aromatic rings. The quantitative estimate of drug-likeness (QED) is 0.787. The third-order valence-corrected chi connectivity index (χ3v) is 2.36. The summed E-state index contributed by atoms with van der Waals surface area (Å²) in [5, 5.41) is 0. The van der Waals surface area contributed by atoms with E-state index in [-0.39, 0.29) is 12.5 Å². The Morgan fingerprint density at radius 2 is 1.94 bits per heavy atom. The molecule has 1 aromatic carbocycles. The molecule has 0 aliphatic carbocycles. The van der Waals surface area contributed by atoms with E-state index in [1.807, 2.05) is 31.1 Å². The maximum absolute atomic E-state index is 11.4. The van der Waals surface area contributed by atoms with Gasteiger partial charge in [0.1, 0.15) is 5.75 Å². The van der Waals surface area contributed by atoms with Crippen molar-refractivity contribution < 1.29 is 9.53 Å². The number of ether oxygens (including phenoxy) is 1. The van der Waals surface area contributed by atoms with E-state index in [0.29, 0.717) is 11.4 Å². The molecule has 0 bridgehead atoms. The Balaban J connectivity index is 2.76. The van der Waals surface area contributed by atoms with E-state index in [2.05, 4.69) is 0 Å². The molecule has 0 saturated heterocycles. The molecule has 1 rings (SSSR count). The Morgan fingerprint density at radius 1 is 1.29 bits per heavy atom. The molecule has 5 heteroatoms. The number of hydrogen-bond donors (Lipinski definition) is 1. The molecule has 0 saturated carbocycles. The number of carbonyl (C=O) groups is 1. The summed E-state index contributed by atoms with van der Waals surface area (Å²) in [5.41, 5.74) is 7.29. The highest BCUT2D eigenvalue weighted by atomic mass is 16.5. The van der Waals surface area contributed by atoms with Gasteiger partial charge < -0.3 is 20.3 Å². The molecule has 0 radical (unpaired) electrons. The zero-order chi connectivity index (χ0) is 13.0. The van der Waals surface area contributed by atoms with Crippen LogP contribution >= 0.6 is 0 Å². The van der Waals surface area contributed by atoms with E-state index in [0.717, 1.165) is 5.69 Å². The largest absolute Gasteiger partial charge is 0.482 e. The molecule has 17 heavy (non-hydrogen) atoms. The van der Waals surface area contributed by atoms with Crippen LogP contribution in [0.5, 0.6) is 5.75 Å². The molecule has 0 aliphatic heterocycles. The second kappa shape index (κ2) is 5.43. The highest BCUT2D eigenvalue weighted by molar-refractivity contribution is 5.77. The summed E-state index contributed by atoms with van der Waals surface area (Å²) >= 11 is 0. The van der Waals surface area contributed by atoms with Gasteiger partial charge in [-0.15, -0.1) is 0 Å². The van der Waals surface area contributed by atoms with Crippen molar-refractivity contribution in [2.45, 2.75) is 0 Å². The second-order valence-corrected chi connectivity index (χ2v) is 4.19. The van der Waals surface area contributed by atoms with Crippen molar-refractivity contribution in [1.82, 2.24) is 4.90 Å². The highest BCUT2D eigenvalue weighted by Crippen LogP contribution is 2.26. The fourth-order valence-electron chi connectivity index (χ4n) is 1.19. The molecule has 0 aromatic heterocycles. The minimum absolute atomic E-state index is 0.00587. The van der Waals surface area contributed by atoms with Crippen molar-refractivity contribution >= 4 is 17.3 Å². The van der Waals surface area contributed by atoms with Crippen LogP contribution in [0.3, 0.4) is 0 Å². The fourth-order valence-corrected chi connectivity index (χ4v) is 1.19. The van der Waals surface area contributed by atoms with E-state index in [1.165, 1.54) is 4.90 Å². The van der Waals surface area contributed by atoms with Crippen LogP contribution in [0.2, 0.25) is 0 Å². The van der Waals surface area contributed by atoms with Crippen LogP contribution in [0.1, 0.15) is 0 Å². The van der Waals surface area contributed by atoms with E-state index < -0.39 is 0 Å². The number of nitrogen functional groups attached to an aromatic ring is 1. The SMILES string of the molecule is CN(C)C(=O)COc1cc(N(C)C)ccc1N. The Kier molecular flexibility index (Phi) is 4.20. The van der Waals surface area contributed by atoms with E-state index in [4.69, 9.17) is 10.5 Å². The molecule has 0 heterocycles. The summed E-state index contributed by atoms with van der Waals surface area (Å²) in [6, 6.07) is 5.49. The monoisotopic (exact) mass is 237 g/mol. The molecule has 94 valence electrons. The maximum atomic E-state index is 11.4. The first kappa shape index (κ1) is 13.2. The Morgan fingerprint density at radius 3 is 2.47 bits per heavy atom. The third-order valence-electron chi connectivity index (χ3n) is 2.36. The zero-order valence-electron chi connectivity index (χ0n) is 10.7. The molecule has 1 amide bonds. The van der Waals surface area contributed by atoms with Gasteiger partial charge >= 0.3 is 0 Å². The Bertz CT molecular complexity index is 403. The first-order valence-electron chi connectivity index (χ1n) is 5.31. The molecule has 2 N–H and O–H groups in total. The summed E-state index contributed by atoms with van der Waals surface area (Å²) in [7, 11) is 7.23. The molecule has 0 aliphatic rings. The van der Waals surface area contributed by atoms with Crippen molar-refractivity contribution in [2.24, 2.45) is 0 Å². The number of nitrogens with two attached hydrogens (primary N) is 1. The van der Waals surface area contributed by atoms with Gasteiger partial charge in [0.25, 0.3) is 5.91 Å². The van der Waals surface area contributed by atoms with Crippen molar-refractivity contribution in [3.05, 3.63) is 18.2 Å². The number of rotatable bonds is 4.